The molecule has 6 rings (SSSR count). The minimum absolute atomic E-state index is 0.00815. The molecule has 0 aliphatic carbocycles. The zero-order chi connectivity index (χ0) is 34.3. The Hall–Kier alpha value is -5.53. The van der Waals surface area contributed by atoms with E-state index in [-0.39, 0.29) is 17.1 Å². The number of hydrogen-bond acceptors (Lipinski definition) is 10. The predicted octanol–water partition coefficient (Wildman–Crippen LogP) is 5.39. The first-order valence-corrected chi connectivity index (χ1v) is 15.8. The van der Waals surface area contributed by atoms with Gasteiger partial charge in [-0.3, -0.25) is 19.5 Å². The number of benzene rings is 3. The third-order valence-electron chi connectivity index (χ3n) is 8.03. The first-order valence-electron chi connectivity index (χ1n) is 15.8. The number of pyridine rings is 1. The molecule has 0 spiro atoms. The minimum atomic E-state index is -0.742. The fourth-order valence-corrected chi connectivity index (χ4v) is 5.42. The van der Waals surface area contributed by atoms with E-state index in [0.29, 0.717) is 51.8 Å². The SMILES string of the molecule is COc1ccc(NC(=O)c2nn(-c3ccc(Oc4ccnc5cc(OCCCN6CCOCC6)c(OC)cc45)c(F)c3)c(=O)cc2C)cc1. The highest BCUT2D eigenvalue weighted by molar-refractivity contribution is 6.03. The average molecular weight is 670 g/mol. The topological polar surface area (TPSA) is 126 Å². The van der Waals surface area contributed by atoms with Crippen molar-refractivity contribution in [2.75, 3.05) is 59.0 Å². The molecule has 0 bridgehead atoms. The summed E-state index contributed by atoms with van der Waals surface area (Å²) in [5.41, 5.74) is 1.06. The van der Waals surface area contributed by atoms with Crippen LogP contribution in [0.25, 0.3) is 16.6 Å². The van der Waals surface area contributed by atoms with Crippen LogP contribution in [0.15, 0.2) is 77.7 Å². The van der Waals surface area contributed by atoms with Crippen LogP contribution in [-0.2, 0) is 4.74 Å². The number of aryl methyl sites for hydroxylation is 1. The lowest BCUT2D eigenvalue weighted by atomic mass is 10.1. The van der Waals surface area contributed by atoms with Gasteiger partial charge in [0.05, 0.1) is 45.2 Å². The van der Waals surface area contributed by atoms with Gasteiger partial charge in [-0.15, -0.1) is 0 Å². The fourth-order valence-electron chi connectivity index (χ4n) is 5.42. The van der Waals surface area contributed by atoms with Gasteiger partial charge in [-0.25, -0.2) is 4.39 Å². The maximum atomic E-state index is 15.5. The Bertz CT molecular complexity index is 2010. The van der Waals surface area contributed by atoms with E-state index in [0.717, 1.165) is 50.0 Å². The number of morpholine rings is 1. The van der Waals surface area contributed by atoms with Crippen LogP contribution in [-0.4, -0.2) is 79.2 Å². The van der Waals surface area contributed by atoms with Crippen molar-refractivity contribution in [1.29, 1.82) is 0 Å². The maximum absolute atomic E-state index is 15.5. The van der Waals surface area contributed by atoms with Crippen LogP contribution < -0.4 is 29.8 Å². The lowest BCUT2D eigenvalue weighted by Gasteiger charge is -2.26. The van der Waals surface area contributed by atoms with Gasteiger partial charge < -0.3 is 29.0 Å². The Kier molecular flexibility index (Phi) is 10.3. The van der Waals surface area contributed by atoms with Gasteiger partial charge in [0.25, 0.3) is 11.5 Å². The van der Waals surface area contributed by atoms with Crippen LogP contribution in [0.4, 0.5) is 10.1 Å². The third kappa shape index (κ3) is 7.79. The standard InChI is InChI=1S/C36H36FN5O7/c1-23-19-34(43)42(40-35(23)36(44)39-24-5-8-26(45-2)9-6-24)25-7-10-31(28(37)20-25)49-30-11-12-38-29-22-33(32(46-3)21-27(29)30)48-16-4-13-41-14-17-47-18-15-41/h5-12,19-22H,4,13-18H2,1-3H3,(H,39,44). The van der Waals surface area contributed by atoms with Crippen molar-refractivity contribution < 1.29 is 32.9 Å². The number of methoxy groups -OCH3 is 2. The first kappa shape index (κ1) is 33.4. The number of anilines is 1. The van der Waals surface area contributed by atoms with Gasteiger partial charge >= 0.3 is 0 Å². The van der Waals surface area contributed by atoms with E-state index in [4.69, 9.17) is 23.7 Å². The number of amides is 1. The van der Waals surface area contributed by atoms with Crippen molar-refractivity contribution in [2.24, 2.45) is 0 Å². The fraction of sp³-hybridized carbons (Fsp3) is 0.278. The van der Waals surface area contributed by atoms with Gasteiger partial charge in [-0.05, 0) is 67.4 Å². The number of rotatable bonds is 12. The molecule has 5 aromatic rings. The molecule has 1 aliphatic heterocycles. The summed E-state index contributed by atoms with van der Waals surface area (Å²) in [6.07, 6.45) is 2.41. The molecule has 1 aliphatic rings. The van der Waals surface area contributed by atoms with E-state index in [1.54, 1.807) is 69.8 Å². The summed E-state index contributed by atoms with van der Waals surface area (Å²) in [5.74, 6) is 0.659. The predicted molar refractivity (Wildman–Crippen MR) is 181 cm³/mol. The molecule has 1 fully saturated rings. The molecule has 1 saturated heterocycles. The van der Waals surface area contributed by atoms with Gasteiger partial charge in [0.1, 0.15) is 11.5 Å². The average Bonchev–Trinajstić information content (AvgIpc) is 3.11. The summed E-state index contributed by atoms with van der Waals surface area (Å²) in [7, 11) is 3.09. The molecule has 13 heteroatoms. The van der Waals surface area contributed by atoms with Gasteiger partial charge in [-0.1, -0.05) is 0 Å². The number of nitrogens with zero attached hydrogens (tertiary/aromatic N) is 4. The quantitative estimate of drug-likeness (QED) is 0.173. The van der Waals surface area contributed by atoms with Crippen molar-refractivity contribution in [3.8, 4) is 34.4 Å². The van der Waals surface area contributed by atoms with E-state index >= 15 is 4.39 Å². The summed E-state index contributed by atoms with van der Waals surface area (Å²) in [6, 6.07) is 17.2. The number of ether oxygens (including phenoxy) is 5. The van der Waals surface area contributed by atoms with Crippen molar-refractivity contribution in [2.45, 2.75) is 13.3 Å². The van der Waals surface area contributed by atoms with E-state index in [2.05, 4.69) is 20.3 Å². The van der Waals surface area contributed by atoms with Crippen molar-refractivity contribution in [3.05, 3.63) is 100 Å². The molecular weight excluding hydrogens is 633 g/mol. The summed E-state index contributed by atoms with van der Waals surface area (Å²) in [4.78, 5) is 32.8. The smallest absolute Gasteiger partial charge is 0.276 e. The normalized spacial score (nSPS) is 13.2. The first-order chi connectivity index (χ1) is 23.8. The highest BCUT2D eigenvalue weighted by atomic mass is 19.1. The zero-order valence-electron chi connectivity index (χ0n) is 27.4. The molecule has 12 nitrogen and oxygen atoms in total. The molecule has 3 heterocycles. The number of carbonyl (C=O) groups excluding carboxylic acids is 1. The lowest BCUT2D eigenvalue weighted by molar-refractivity contribution is 0.0357. The summed E-state index contributed by atoms with van der Waals surface area (Å²) in [5, 5.41) is 7.61. The Morgan fingerprint density at radius 3 is 2.47 bits per heavy atom. The second-order valence-corrected chi connectivity index (χ2v) is 11.3. The highest BCUT2D eigenvalue weighted by Crippen LogP contribution is 2.38. The molecule has 0 saturated carbocycles. The monoisotopic (exact) mass is 669 g/mol. The summed E-state index contributed by atoms with van der Waals surface area (Å²) < 4.78 is 44.7. The molecule has 1 N–H and O–H groups in total. The van der Waals surface area contributed by atoms with Crippen LogP contribution >= 0.6 is 0 Å². The molecule has 0 unspecified atom stereocenters. The molecule has 49 heavy (non-hydrogen) atoms. The molecule has 3 aromatic carbocycles. The molecular formula is C36H36FN5O7. The van der Waals surface area contributed by atoms with Gasteiger partial charge in [0, 0.05) is 55.1 Å². The number of carbonyl (C=O) groups is 1. The van der Waals surface area contributed by atoms with Crippen molar-refractivity contribution in [3.63, 3.8) is 0 Å². The second kappa shape index (κ2) is 15.1. The van der Waals surface area contributed by atoms with Crippen LogP contribution in [0.3, 0.4) is 0 Å². The van der Waals surface area contributed by atoms with E-state index in [1.807, 2.05) is 0 Å². The van der Waals surface area contributed by atoms with Crippen LogP contribution in [0.5, 0.6) is 28.7 Å². The van der Waals surface area contributed by atoms with Gasteiger partial charge in [0.15, 0.2) is 28.8 Å². The molecule has 0 radical (unpaired) electrons. The number of halogens is 1. The van der Waals surface area contributed by atoms with Crippen molar-refractivity contribution in [1.82, 2.24) is 19.7 Å². The Labute approximate surface area is 281 Å². The number of fused-ring (bicyclic) bond motifs is 1. The maximum Gasteiger partial charge on any atom is 0.276 e. The Balaban J connectivity index is 1.19. The van der Waals surface area contributed by atoms with Gasteiger partial charge in [-0.2, -0.15) is 9.78 Å². The molecule has 0 atom stereocenters. The van der Waals surface area contributed by atoms with E-state index < -0.39 is 17.3 Å². The summed E-state index contributed by atoms with van der Waals surface area (Å²) >= 11 is 0. The summed E-state index contributed by atoms with van der Waals surface area (Å²) in [6.45, 7) is 6.36. The third-order valence-corrected chi connectivity index (χ3v) is 8.03. The number of hydrogen-bond donors (Lipinski definition) is 1. The number of nitrogens with one attached hydrogen (secondary N) is 1. The molecule has 254 valence electrons. The largest absolute Gasteiger partial charge is 0.497 e. The van der Waals surface area contributed by atoms with Crippen molar-refractivity contribution >= 4 is 22.5 Å². The zero-order valence-corrected chi connectivity index (χ0v) is 27.4. The van der Waals surface area contributed by atoms with E-state index in [1.165, 1.54) is 18.2 Å². The highest BCUT2D eigenvalue weighted by Gasteiger charge is 2.18. The number of aromatic nitrogens is 3. The Morgan fingerprint density at radius 1 is 0.939 bits per heavy atom. The van der Waals surface area contributed by atoms with Crippen LogP contribution in [0, 0.1) is 12.7 Å². The van der Waals surface area contributed by atoms with Crippen LogP contribution in [0.1, 0.15) is 22.5 Å². The molecule has 1 amide bonds. The minimum Gasteiger partial charge on any atom is -0.497 e. The van der Waals surface area contributed by atoms with Gasteiger partial charge in [0.2, 0.25) is 0 Å². The molecule has 2 aromatic heterocycles. The lowest BCUT2D eigenvalue weighted by Crippen LogP contribution is -2.37. The van der Waals surface area contributed by atoms with Crippen LogP contribution in [0.2, 0.25) is 0 Å². The second-order valence-electron chi connectivity index (χ2n) is 11.3. The Morgan fingerprint density at radius 2 is 1.73 bits per heavy atom. The van der Waals surface area contributed by atoms with E-state index in [9.17, 15) is 9.59 Å².